The van der Waals surface area contributed by atoms with Crippen LogP contribution in [0.4, 0.5) is 32.2 Å². The summed E-state index contributed by atoms with van der Waals surface area (Å²) in [5, 5.41) is 2.25. The Labute approximate surface area is 176 Å². The van der Waals surface area contributed by atoms with Crippen LogP contribution in [0.15, 0.2) is 42.6 Å². The van der Waals surface area contributed by atoms with E-state index in [2.05, 4.69) is 9.72 Å². The summed E-state index contributed by atoms with van der Waals surface area (Å²) in [7, 11) is 0.635. The number of nitrogens with one attached hydrogen (secondary N) is 2. The van der Waals surface area contributed by atoms with Crippen molar-refractivity contribution in [3.8, 4) is 0 Å². The molecule has 0 unspecified atom stereocenters. The van der Waals surface area contributed by atoms with Crippen molar-refractivity contribution in [2.75, 3.05) is 12.4 Å². The van der Waals surface area contributed by atoms with Crippen LogP contribution in [-0.2, 0) is 26.9 Å². The number of esters is 1. The van der Waals surface area contributed by atoms with E-state index in [4.69, 9.17) is 11.6 Å². The number of benzene rings is 1. The lowest BCUT2D eigenvalue weighted by Gasteiger charge is -2.34. The van der Waals surface area contributed by atoms with Gasteiger partial charge in [0.05, 0.1) is 24.1 Å². The van der Waals surface area contributed by atoms with Crippen LogP contribution < -0.4 is 10.6 Å². The highest BCUT2D eigenvalue weighted by atomic mass is 35.5. The van der Waals surface area contributed by atoms with Gasteiger partial charge in [-0.3, -0.25) is 4.79 Å². The number of carbonyl (C=O) groups excluding carboxylic acids is 2. The van der Waals surface area contributed by atoms with Crippen LogP contribution in [0.1, 0.15) is 11.1 Å². The van der Waals surface area contributed by atoms with Crippen LogP contribution in [0.5, 0.6) is 0 Å². The van der Waals surface area contributed by atoms with Gasteiger partial charge < -0.3 is 15.4 Å². The van der Waals surface area contributed by atoms with Crippen LogP contribution in [0.25, 0.3) is 0 Å². The maximum atomic E-state index is 14.0. The largest absolute Gasteiger partial charge is 0.466 e. The fourth-order valence-electron chi connectivity index (χ4n) is 2.44. The van der Waals surface area contributed by atoms with Crippen molar-refractivity contribution in [1.29, 1.82) is 0 Å². The van der Waals surface area contributed by atoms with E-state index < -0.39 is 52.7 Å². The first-order valence-electron chi connectivity index (χ1n) is 8.31. The molecule has 0 saturated carbocycles. The first-order chi connectivity index (χ1) is 14.3. The summed E-state index contributed by atoms with van der Waals surface area (Å²) in [5.41, 5.74) is -4.86. The molecule has 0 aliphatic rings. The molecule has 2 N–H and O–H groups in total. The van der Waals surface area contributed by atoms with Gasteiger partial charge in [-0.05, 0) is 11.6 Å². The minimum absolute atomic E-state index is 0.221. The highest BCUT2D eigenvalue weighted by Gasteiger charge is 2.63. The maximum Gasteiger partial charge on any atom is 0.441 e. The Balaban J connectivity index is 2.45. The van der Waals surface area contributed by atoms with Crippen molar-refractivity contribution in [3.63, 3.8) is 0 Å². The minimum atomic E-state index is -5.50. The summed E-state index contributed by atoms with van der Waals surface area (Å²) >= 11 is 5.65. The number of alkyl halides is 6. The second kappa shape index (κ2) is 9.00. The Hall–Kier alpha value is -3.02. The van der Waals surface area contributed by atoms with E-state index in [-0.39, 0.29) is 6.20 Å². The van der Waals surface area contributed by atoms with Crippen molar-refractivity contribution in [2.45, 2.75) is 24.4 Å². The molecule has 0 radical (unpaired) electrons. The minimum Gasteiger partial charge on any atom is -0.466 e. The molecule has 0 aliphatic heterocycles. The summed E-state index contributed by atoms with van der Waals surface area (Å²) < 4.78 is 84.4. The smallest absolute Gasteiger partial charge is 0.441 e. The lowest BCUT2D eigenvalue weighted by atomic mass is 10.1. The molecule has 0 aliphatic carbocycles. The molecular weight excluding hydrogens is 456 g/mol. The van der Waals surface area contributed by atoms with Gasteiger partial charge in [0.2, 0.25) is 5.91 Å². The number of ether oxygens (including phenoxy) is 1. The summed E-state index contributed by atoms with van der Waals surface area (Å²) in [6.07, 6.45) is -10.7. The van der Waals surface area contributed by atoms with Gasteiger partial charge in [0.15, 0.2) is 0 Å². The summed E-state index contributed by atoms with van der Waals surface area (Å²) in [6, 6.07) is 7.97. The van der Waals surface area contributed by atoms with Gasteiger partial charge in [-0.25, -0.2) is 9.78 Å². The zero-order valence-corrected chi connectivity index (χ0v) is 16.3. The Kier molecular flexibility index (Phi) is 7.04. The first-order valence-corrected chi connectivity index (χ1v) is 8.69. The molecule has 0 bridgehead atoms. The molecule has 31 heavy (non-hydrogen) atoms. The lowest BCUT2D eigenvalue weighted by Crippen LogP contribution is -2.69. The zero-order valence-electron chi connectivity index (χ0n) is 15.6. The third kappa shape index (κ3) is 5.57. The highest BCUT2D eigenvalue weighted by molar-refractivity contribution is 6.33. The molecule has 1 aromatic heterocycles. The Morgan fingerprint density at radius 2 is 1.71 bits per heavy atom. The molecule has 168 valence electrons. The van der Waals surface area contributed by atoms with Crippen LogP contribution in [0.3, 0.4) is 0 Å². The van der Waals surface area contributed by atoms with Gasteiger partial charge in [0.1, 0.15) is 5.82 Å². The van der Waals surface area contributed by atoms with E-state index in [1.54, 1.807) is 23.5 Å². The van der Waals surface area contributed by atoms with Crippen molar-refractivity contribution < 1.29 is 40.7 Å². The van der Waals surface area contributed by atoms with Gasteiger partial charge in [-0.1, -0.05) is 41.9 Å². The molecule has 2 aromatic rings. The number of hydrogen-bond donors (Lipinski definition) is 2. The average molecular weight is 470 g/mol. The maximum absolute atomic E-state index is 14.0. The molecule has 2 rings (SSSR count). The third-order valence-electron chi connectivity index (χ3n) is 3.93. The summed E-state index contributed by atoms with van der Waals surface area (Å²) in [6.45, 7) is 0. The summed E-state index contributed by atoms with van der Waals surface area (Å²) in [4.78, 5) is 27.7. The van der Waals surface area contributed by atoms with E-state index in [0.29, 0.717) is 18.7 Å². The normalized spacial score (nSPS) is 13.8. The van der Waals surface area contributed by atoms with Crippen molar-refractivity contribution >= 4 is 29.3 Å². The molecule has 1 atom stereocenters. The van der Waals surface area contributed by atoms with Gasteiger partial charge in [-0.2, -0.15) is 26.3 Å². The van der Waals surface area contributed by atoms with Gasteiger partial charge >= 0.3 is 24.0 Å². The van der Waals surface area contributed by atoms with Gasteiger partial charge in [-0.15, -0.1) is 0 Å². The van der Waals surface area contributed by atoms with Crippen molar-refractivity contribution in [1.82, 2.24) is 10.3 Å². The number of methoxy groups -OCH3 is 1. The predicted molar refractivity (Wildman–Crippen MR) is 97.0 cm³/mol. The number of hydrogen-bond acceptors (Lipinski definition) is 5. The molecular formula is C18H14ClF6N3O3. The number of pyridine rings is 1. The molecule has 1 amide bonds. The molecule has 13 heteroatoms. The van der Waals surface area contributed by atoms with Crippen LogP contribution in [0.2, 0.25) is 5.02 Å². The number of carbonyl (C=O) groups is 2. The fourth-order valence-corrected chi connectivity index (χ4v) is 2.65. The quantitative estimate of drug-likeness (QED) is 0.380. The third-order valence-corrected chi connectivity index (χ3v) is 4.21. The summed E-state index contributed by atoms with van der Waals surface area (Å²) in [5.74, 6) is -4.15. The predicted octanol–water partition coefficient (Wildman–Crippen LogP) is 3.96. The Bertz CT molecular complexity index is 953. The molecule has 0 spiro atoms. The second-order valence-corrected chi connectivity index (χ2v) is 6.53. The SMILES string of the molecule is COC(=O)[C@](NC(=O)Cc1ccccc1)(Nc1ncc(C(F)(F)F)cc1Cl)C(F)(F)F. The average Bonchev–Trinajstić information content (AvgIpc) is 2.67. The lowest BCUT2D eigenvalue weighted by molar-refractivity contribution is -0.206. The topological polar surface area (TPSA) is 80.3 Å². The number of amides is 1. The van der Waals surface area contributed by atoms with Crippen LogP contribution in [0, 0.1) is 0 Å². The van der Waals surface area contributed by atoms with E-state index in [1.807, 2.05) is 0 Å². The first kappa shape index (κ1) is 24.3. The fraction of sp³-hybridized carbons (Fsp3) is 0.278. The van der Waals surface area contributed by atoms with Crippen molar-refractivity contribution in [2.24, 2.45) is 0 Å². The zero-order chi connectivity index (χ0) is 23.4. The van der Waals surface area contributed by atoms with E-state index in [9.17, 15) is 35.9 Å². The molecule has 1 aromatic carbocycles. The Morgan fingerprint density at radius 1 is 1.10 bits per heavy atom. The van der Waals surface area contributed by atoms with E-state index >= 15 is 0 Å². The second-order valence-electron chi connectivity index (χ2n) is 6.13. The highest BCUT2D eigenvalue weighted by Crippen LogP contribution is 2.37. The van der Waals surface area contributed by atoms with Gasteiger partial charge in [0.25, 0.3) is 0 Å². The number of anilines is 1. The molecule has 0 fully saturated rings. The molecule has 1 heterocycles. The standard InChI is InChI=1S/C18H14ClF6N3O3/c1-31-15(30)16(18(23,24)25,27-13(29)7-10-5-3-2-4-6-10)28-14-12(19)8-11(9-26-14)17(20,21)22/h2-6,8-9H,7H2,1H3,(H,26,28)(H,27,29)/t16-/m0/s1. The van der Waals surface area contributed by atoms with Crippen LogP contribution in [-0.4, -0.2) is 35.8 Å². The van der Waals surface area contributed by atoms with Gasteiger partial charge in [0, 0.05) is 6.20 Å². The monoisotopic (exact) mass is 469 g/mol. The van der Waals surface area contributed by atoms with E-state index in [0.717, 1.165) is 0 Å². The van der Waals surface area contributed by atoms with Crippen molar-refractivity contribution in [3.05, 3.63) is 58.7 Å². The Morgan fingerprint density at radius 3 is 2.19 bits per heavy atom. The number of rotatable bonds is 6. The number of aromatic nitrogens is 1. The van der Waals surface area contributed by atoms with E-state index in [1.165, 1.54) is 17.4 Å². The number of nitrogens with zero attached hydrogens (tertiary/aromatic N) is 1. The van der Waals surface area contributed by atoms with Crippen LogP contribution >= 0.6 is 11.6 Å². The molecule has 0 saturated heterocycles. The number of halogens is 7. The molecule has 6 nitrogen and oxygen atoms in total.